The van der Waals surface area contributed by atoms with Crippen LogP contribution in [-0.2, 0) is 9.59 Å². The fraction of sp³-hybridized carbons (Fsp3) is 0.400. The number of amides is 1. The van der Waals surface area contributed by atoms with Crippen molar-refractivity contribution in [1.29, 1.82) is 0 Å². The molecule has 3 rings (SSSR count). The molecule has 2 aromatic rings. The highest BCUT2D eigenvalue weighted by atomic mass is 16.4. The standard InChI is InChI=1S/C15H17N3O3/c1-7-16-9-5-4-8(6-10(9)17-7)18-13(19)11-12(14(20)21)15(11,2)3/h4-6,11-12H,1-3H3,(H,16,17)(H,18,19)(H,20,21)/t11-,12+/m1/s1. The highest BCUT2D eigenvalue weighted by Gasteiger charge is 2.65. The van der Waals surface area contributed by atoms with Gasteiger partial charge in [0.25, 0.3) is 0 Å². The number of carbonyl (C=O) groups is 2. The Labute approximate surface area is 121 Å². The van der Waals surface area contributed by atoms with Gasteiger partial charge in [0.2, 0.25) is 5.91 Å². The first-order chi connectivity index (χ1) is 9.80. The van der Waals surface area contributed by atoms with Crippen molar-refractivity contribution < 1.29 is 14.7 Å². The zero-order valence-electron chi connectivity index (χ0n) is 12.1. The highest BCUT2D eigenvalue weighted by Crippen LogP contribution is 2.58. The van der Waals surface area contributed by atoms with Crippen LogP contribution in [0.25, 0.3) is 11.0 Å². The van der Waals surface area contributed by atoms with Crippen LogP contribution in [0, 0.1) is 24.2 Å². The first-order valence-corrected chi connectivity index (χ1v) is 6.81. The molecule has 6 nitrogen and oxygen atoms in total. The first kappa shape index (κ1) is 13.6. The third-order valence-corrected chi connectivity index (χ3v) is 4.24. The molecule has 0 unspecified atom stereocenters. The topological polar surface area (TPSA) is 95.1 Å². The van der Waals surface area contributed by atoms with Crippen molar-refractivity contribution in [3.8, 4) is 0 Å². The molecule has 1 saturated carbocycles. The summed E-state index contributed by atoms with van der Waals surface area (Å²) in [7, 11) is 0. The van der Waals surface area contributed by atoms with Crippen molar-refractivity contribution in [3.63, 3.8) is 0 Å². The quantitative estimate of drug-likeness (QED) is 0.806. The van der Waals surface area contributed by atoms with Gasteiger partial charge in [-0.05, 0) is 30.5 Å². The Morgan fingerprint density at radius 1 is 1.33 bits per heavy atom. The molecule has 0 radical (unpaired) electrons. The van der Waals surface area contributed by atoms with E-state index in [1.807, 2.05) is 13.0 Å². The number of carboxylic acids is 1. The van der Waals surface area contributed by atoms with Crippen molar-refractivity contribution in [2.45, 2.75) is 20.8 Å². The molecule has 1 aromatic heterocycles. The fourth-order valence-corrected chi connectivity index (χ4v) is 3.02. The molecule has 0 bridgehead atoms. The van der Waals surface area contributed by atoms with Gasteiger partial charge in [0.05, 0.1) is 22.9 Å². The van der Waals surface area contributed by atoms with Crippen molar-refractivity contribution in [2.24, 2.45) is 17.3 Å². The number of carboxylic acid groups (broad SMARTS) is 1. The van der Waals surface area contributed by atoms with Gasteiger partial charge < -0.3 is 15.4 Å². The second kappa shape index (κ2) is 4.31. The van der Waals surface area contributed by atoms with Crippen LogP contribution >= 0.6 is 0 Å². The lowest BCUT2D eigenvalue weighted by molar-refractivity contribution is -0.140. The van der Waals surface area contributed by atoms with E-state index in [1.54, 1.807) is 26.0 Å². The molecule has 1 aliphatic rings. The lowest BCUT2D eigenvalue weighted by atomic mass is 10.1. The minimum atomic E-state index is -0.917. The van der Waals surface area contributed by atoms with E-state index in [1.165, 1.54) is 0 Å². The maximum Gasteiger partial charge on any atom is 0.307 e. The van der Waals surface area contributed by atoms with Gasteiger partial charge >= 0.3 is 5.97 Å². The van der Waals surface area contributed by atoms with Crippen molar-refractivity contribution in [1.82, 2.24) is 9.97 Å². The number of carbonyl (C=O) groups excluding carboxylic acids is 1. The van der Waals surface area contributed by atoms with Gasteiger partial charge in [0.15, 0.2) is 0 Å². The molecular formula is C15H17N3O3. The Morgan fingerprint density at radius 2 is 2.05 bits per heavy atom. The number of H-pyrrole nitrogens is 1. The number of hydrogen-bond acceptors (Lipinski definition) is 3. The van der Waals surface area contributed by atoms with Crippen LogP contribution < -0.4 is 5.32 Å². The van der Waals surface area contributed by atoms with Crippen LogP contribution in [0.15, 0.2) is 18.2 Å². The summed E-state index contributed by atoms with van der Waals surface area (Å²) in [5.41, 5.74) is 1.82. The Bertz CT molecular complexity index is 748. The maximum absolute atomic E-state index is 12.2. The second-order valence-electron chi connectivity index (χ2n) is 6.16. The molecule has 0 aliphatic heterocycles. The molecule has 6 heteroatoms. The summed E-state index contributed by atoms with van der Waals surface area (Å²) < 4.78 is 0. The van der Waals surface area contributed by atoms with E-state index in [2.05, 4.69) is 15.3 Å². The van der Waals surface area contributed by atoms with E-state index in [0.29, 0.717) is 5.69 Å². The lowest BCUT2D eigenvalue weighted by Gasteiger charge is -2.06. The van der Waals surface area contributed by atoms with Gasteiger partial charge in [-0.15, -0.1) is 0 Å². The summed E-state index contributed by atoms with van der Waals surface area (Å²) in [5, 5.41) is 11.9. The van der Waals surface area contributed by atoms with Gasteiger partial charge in [-0.2, -0.15) is 0 Å². The summed E-state index contributed by atoms with van der Waals surface area (Å²) in [5.74, 6) is -1.46. The van der Waals surface area contributed by atoms with Crippen LogP contribution in [0.5, 0.6) is 0 Å². The van der Waals surface area contributed by atoms with Gasteiger partial charge in [0, 0.05) is 5.69 Å². The summed E-state index contributed by atoms with van der Waals surface area (Å²) >= 11 is 0. The molecule has 1 aromatic carbocycles. The van der Waals surface area contributed by atoms with E-state index >= 15 is 0 Å². The van der Waals surface area contributed by atoms with Crippen LogP contribution in [0.2, 0.25) is 0 Å². The third-order valence-electron chi connectivity index (χ3n) is 4.24. The molecular weight excluding hydrogens is 270 g/mol. The minimum absolute atomic E-state index is 0.247. The lowest BCUT2D eigenvalue weighted by Crippen LogP contribution is -2.17. The Morgan fingerprint density at radius 3 is 2.67 bits per heavy atom. The maximum atomic E-state index is 12.2. The van der Waals surface area contributed by atoms with E-state index < -0.39 is 23.2 Å². The smallest absolute Gasteiger partial charge is 0.307 e. The average Bonchev–Trinajstić information content (AvgIpc) is 2.77. The molecule has 1 heterocycles. The molecule has 21 heavy (non-hydrogen) atoms. The monoisotopic (exact) mass is 287 g/mol. The molecule has 0 spiro atoms. The molecule has 1 aliphatic carbocycles. The Kier molecular flexibility index (Phi) is 2.79. The number of rotatable bonds is 3. The molecule has 0 saturated heterocycles. The number of aryl methyl sites for hydroxylation is 1. The number of imidazole rings is 1. The summed E-state index contributed by atoms with van der Waals surface area (Å²) in [6.07, 6.45) is 0. The summed E-state index contributed by atoms with van der Waals surface area (Å²) in [6.45, 7) is 5.47. The van der Waals surface area contributed by atoms with Gasteiger partial charge in [0.1, 0.15) is 5.82 Å². The van der Waals surface area contributed by atoms with E-state index in [9.17, 15) is 9.59 Å². The summed E-state index contributed by atoms with van der Waals surface area (Å²) in [4.78, 5) is 30.8. The number of benzene rings is 1. The number of nitrogens with one attached hydrogen (secondary N) is 2. The second-order valence-corrected chi connectivity index (χ2v) is 6.16. The number of hydrogen-bond donors (Lipinski definition) is 3. The largest absolute Gasteiger partial charge is 0.481 e. The van der Waals surface area contributed by atoms with E-state index in [-0.39, 0.29) is 5.91 Å². The molecule has 2 atom stereocenters. The van der Waals surface area contributed by atoms with E-state index in [4.69, 9.17) is 5.11 Å². The Balaban J connectivity index is 1.79. The molecule has 110 valence electrons. The number of aromatic nitrogens is 2. The SMILES string of the molecule is Cc1nc2ccc(NC(=O)[C@H]3[C@@H](C(=O)O)C3(C)C)cc2[nH]1. The predicted octanol–water partition coefficient (Wildman–Crippen LogP) is 2.17. The minimum Gasteiger partial charge on any atom is -0.481 e. The number of fused-ring (bicyclic) bond motifs is 1. The van der Waals surface area contributed by atoms with Crippen molar-refractivity contribution in [3.05, 3.63) is 24.0 Å². The van der Waals surface area contributed by atoms with Gasteiger partial charge in [-0.1, -0.05) is 13.8 Å². The third kappa shape index (κ3) is 2.16. The van der Waals surface area contributed by atoms with Gasteiger partial charge in [-0.3, -0.25) is 9.59 Å². The number of aliphatic carboxylic acids is 1. The highest BCUT2D eigenvalue weighted by molar-refractivity contribution is 6.00. The van der Waals surface area contributed by atoms with Crippen LogP contribution in [-0.4, -0.2) is 27.0 Å². The predicted molar refractivity (Wildman–Crippen MR) is 77.9 cm³/mol. The molecule has 1 amide bonds. The number of anilines is 1. The first-order valence-electron chi connectivity index (χ1n) is 6.81. The van der Waals surface area contributed by atoms with Crippen LogP contribution in [0.1, 0.15) is 19.7 Å². The summed E-state index contributed by atoms with van der Waals surface area (Å²) in [6, 6.07) is 5.39. The van der Waals surface area contributed by atoms with Gasteiger partial charge in [-0.25, -0.2) is 4.98 Å². The normalized spacial score (nSPS) is 23.0. The van der Waals surface area contributed by atoms with E-state index in [0.717, 1.165) is 16.9 Å². The van der Waals surface area contributed by atoms with Crippen LogP contribution in [0.4, 0.5) is 5.69 Å². The van der Waals surface area contributed by atoms with Crippen LogP contribution in [0.3, 0.4) is 0 Å². The van der Waals surface area contributed by atoms with Crippen molar-refractivity contribution in [2.75, 3.05) is 5.32 Å². The van der Waals surface area contributed by atoms with Crippen molar-refractivity contribution >= 4 is 28.6 Å². The zero-order valence-corrected chi connectivity index (χ0v) is 12.1. The number of nitrogens with zero attached hydrogens (tertiary/aromatic N) is 1. The molecule has 1 fully saturated rings. The zero-order chi connectivity index (χ0) is 15.4. The molecule has 3 N–H and O–H groups in total. The fourth-order valence-electron chi connectivity index (χ4n) is 3.02. The Hall–Kier alpha value is -2.37. The average molecular weight is 287 g/mol. The number of aromatic amines is 1.